The van der Waals surface area contributed by atoms with Gasteiger partial charge in [0.1, 0.15) is 5.75 Å². The van der Waals surface area contributed by atoms with Crippen molar-refractivity contribution in [3.8, 4) is 5.75 Å². The third-order valence-corrected chi connectivity index (χ3v) is 3.81. The van der Waals surface area contributed by atoms with E-state index in [9.17, 15) is 10.2 Å². The van der Waals surface area contributed by atoms with Gasteiger partial charge in [-0.2, -0.15) is 0 Å². The Bertz CT molecular complexity index is 400. The molecule has 1 rings (SSSR count). The maximum atomic E-state index is 9.71. The molecule has 0 aliphatic rings. The first-order valence-electron chi connectivity index (χ1n) is 6.50. The molecule has 0 heterocycles. The molecule has 0 aliphatic carbocycles. The van der Waals surface area contributed by atoms with Crippen molar-refractivity contribution >= 4 is 15.9 Å². The van der Waals surface area contributed by atoms with E-state index in [1.54, 1.807) is 7.11 Å². The van der Waals surface area contributed by atoms with E-state index in [0.717, 1.165) is 22.2 Å². The Morgan fingerprint density at radius 3 is 2.37 bits per heavy atom. The lowest BCUT2D eigenvalue weighted by Crippen LogP contribution is -2.34. The van der Waals surface area contributed by atoms with Crippen molar-refractivity contribution in [2.24, 2.45) is 11.3 Å². The number of methoxy groups -OCH3 is 1. The third kappa shape index (κ3) is 4.48. The molecule has 1 aromatic carbocycles. The standard InChI is InChI=1S/C15H23BrO3/c1-11(2)7-15(9-17,10-18)8-12-6-13(16)4-5-14(12)19-3/h4-6,11,17-18H,7-10H2,1-3H3. The average molecular weight is 331 g/mol. The molecule has 0 amide bonds. The summed E-state index contributed by atoms with van der Waals surface area (Å²) >= 11 is 3.45. The summed E-state index contributed by atoms with van der Waals surface area (Å²) in [4.78, 5) is 0. The van der Waals surface area contributed by atoms with Gasteiger partial charge in [0, 0.05) is 9.89 Å². The number of aliphatic hydroxyl groups is 2. The molecular weight excluding hydrogens is 308 g/mol. The smallest absolute Gasteiger partial charge is 0.122 e. The van der Waals surface area contributed by atoms with Crippen molar-refractivity contribution in [1.29, 1.82) is 0 Å². The minimum atomic E-state index is -0.498. The van der Waals surface area contributed by atoms with Crippen LogP contribution in [0.2, 0.25) is 0 Å². The van der Waals surface area contributed by atoms with E-state index < -0.39 is 5.41 Å². The Labute approximate surface area is 123 Å². The summed E-state index contributed by atoms with van der Waals surface area (Å²) in [5.74, 6) is 1.20. The number of rotatable bonds is 7. The molecule has 0 atom stereocenters. The van der Waals surface area contributed by atoms with Crippen molar-refractivity contribution in [1.82, 2.24) is 0 Å². The first kappa shape index (κ1) is 16.5. The number of benzene rings is 1. The molecule has 0 aromatic heterocycles. The molecule has 0 saturated carbocycles. The number of aliphatic hydroxyl groups excluding tert-OH is 2. The lowest BCUT2D eigenvalue weighted by atomic mass is 9.76. The molecule has 3 nitrogen and oxygen atoms in total. The molecule has 19 heavy (non-hydrogen) atoms. The van der Waals surface area contributed by atoms with Crippen LogP contribution in [0.15, 0.2) is 22.7 Å². The molecule has 0 bridgehead atoms. The quantitative estimate of drug-likeness (QED) is 0.807. The molecule has 2 N–H and O–H groups in total. The normalized spacial score (nSPS) is 11.9. The van der Waals surface area contributed by atoms with E-state index in [1.807, 2.05) is 18.2 Å². The van der Waals surface area contributed by atoms with Crippen molar-refractivity contribution in [3.63, 3.8) is 0 Å². The second-order valence-corrected chi connectivity index (χ2v) is 6.46. The van der Waals surface area contributed by atoms with Crippen LogP contribution in [0, 0.1) is 11.3 Å². The van der Waals surface area contributed by atoms with Gasteiger partial charge in [-0.15, -0.1) is 0 Å². The minimum Gasteiger partial charge on any atom is -0.496 e. The van der Waals surface area contributed by atoms with Gasteiger partial charge in [-0.3, -0.25) is 0 Å². The Kier molecular flexibility index (Phi) is 6.30. The molecule has 0 spiro atoms. The molecule has 0 fully saturated rings. The Morgan fingerprint density at radius 1 is 1.26 bits per heavy atom. The van der Waals surface area contributed by atoms with Gasteiger partial charge in [0.15, 0.2) is 0 Å². The van der Waals surface area contributed by atoms with Crippen LogP contribution >= 0.6 is 15.9 Å². The highest BCUT2D eigenvalue weighted by Crippen LogP contribution is 2.34. The van der Waals surface area contributed by atoms with Crippen LogP contribution in [0.5, 0.6) is 5.75 Å². The fourth-order valence-corrected chi connectivity index (χ4v) is 2.93. The first-order chi connectivity index (χ1) is 8.96. The highest BCUT2D eigenvalue weighted by Gasteiger charge is 2.31. The second-order valence-electron chi connectivity index (χ2n) is 5.55. The van der Waals surface area contributed by atoms with Crippen LogP contribution in [0.25, 0.3) is 0 Å². The summed E-state index contributed by atoms with van der Waals surface area (Å²) in [6.45, 7) is 4.13. The first-order valence-corrected chi connectivity index (χ1v) is 7.30. The average Bonchev–Trinajstić information content (AvgIpc) is 2.37. The number of hydrogen-bond acceptors (Lipinski definition) is 3. The summed E-state index contributed by atoms with van der Waals surface area (Å²) in [7, 11) is 1.63. The molecule has 0 aliphatic heterocycles. The van der Waals surface area contributed by atoms with E-state index in [-0.39, 0.29) is 13.2 Å². The highest BCUT2D eigenvalue weighted by molar-refractivity contribution is 9.10. The van der Waals surface area contributed by atoms with Gasteiger partial charge in [-0.05, 0) is 42.5 Å². The highest BCUT2D eigenvalue weighted by atomic mass is 79.9. The molecule has 1 aromatic rings. The summed E-state index contributed by atoms with van der Waals surface area (Å²) < 4.78 is 6.33. The summed E-state index contributed by atoms with van der Waals surface area (Å²) in [5.41, 5.74) is 0.503. The van der Waals surface area contributed by atoms with Crippen molar-refractivity contribution in [3.05, 3.63) is 28.2 Å². The maximum absolute atomic E-state index is 9.71. The summed E-state index contributed by atoms with van der Waals surface area (Å²) in [6, 6.07) is 5.80. The zero-order chi connectivity index (χ0) is 14.5. The summed E-state index contributed by atoms with van der Waals surface area (Å²) in [6.07, 6.45) is 1.37. The van der Waals surface area contributed by atoms with Crippen LogP contribution in [-0.2, 0) is 6.42 Å². The van der Waals surface area contributed by atoms with Crippen molar-refractivity contribution in [2.45, 2.75) is 26.7 Å². The van der Waals surface area contributed by atoms with Gasteiger partial charge in [-0.25, -0.2) is 0 Å². The second kappa shape index (κ2) is 7.27. The Balaban J connectivity index is 3.05. The van der Waals surface area contributed by atoms with Crippen LogP contribution < -0.4 is 4.74 Å². The fraction of sp³-hybridized carbons (Fsp3) is 0.600. The largest absolute Gasteiger partial charge is 0.496 e. The monoisotopic (exact) mass is 330 g/mol. The molecule has 0 radical (unpaired) electrons. The SMILES string of the molecule is COc1ccc(Br)cc1CC(CO)(CO)CC(C)C. The van der Waals surface area contributed by atoms with E-state index in [1.165, 1.54) is 0 Å². The number of ether oxygens (including phenoxy) is 1. The van der Waals surface area contributed by atoms with E-state index in [2.05, 4.69) is 29.8 Å². The maximum Gasteiger partial charge on any atom is 0.122 e. The van der Waals surface area contributed by atoms with Crippen molar-refractivity contribution in [2.75, 3.05) is 20.3 Å². The van der Waals surface area contributed by atoms with Crippen LogP contribution in [0.1, 0.15) is 25.8 Å². The van der Waals surface area contributed by atoms with E-state index in [4.69, 9.17) is 4.74 Å². The van der Waals surface area contributed by atoms with E-state index in [0.29, 0.717) is 12.3 Å². The zero-order valence-corrected chi connectivity index (χ0v) is 13.4. The van der Waals surface area contributed by atoms with E-state index >= 15 is 0 Å². The number of hydrogen-bond donors (Lipinski definition) is 2. The molecular formula is C15H23BrO3. The van der Waals surface area contributed by atoms with Gasteiger partial charge < -0.3 is 14.9 Å². The molecule has 108 valence electrons. The lowest BCUT2D eigenvalue weighted by molar-refractivity contribution is 0.0365. The molecule has 0 unspecified atom stereocenters. The van der Waals surface area contributed by atoms with Crippen molar-refractivity contribution < 1.29 is 14.9 Å². The lowest BCUT2D eigenvalue weighted by Gasteiger charge is -2.32. The minimum absolute atomic E-state index is 0.0304. The van der Waals surface area contributed by atoms with Gasteiger partial charge >= 0.3 is 0 Å². The van der Waals surface area contributed by atoms with Gasteiger partial charge in [0.2, 0.25) is 0 Å². The predicted molar refractivity (Wildman–Crippen MR) is 80.5 cm³/mol. The molecule has 0 saturated heterocycles. The van der Waals surface area contributed by atoms with Gasteiger partial charge in [0.25, 0.3) is 0 Å². The van der Waals surface area contributed by atoms with Gasteiger partial charge in [-0.1, -0.05) is 29.8 Å². The van der Waals surface area contributed by atoms with Crippen LogP contribution in [0.4, 0.5) is 0 Å². The Hall–Kier alpha value is -0.580. The summed E-state index contributed by atoms with van der Waals surface area (Å²) in [5, 5.41) is 19.4. The Morgan fingerprint density at radius 2 is 1.89 bits per heavy atom. The van der Waals surface area contributed by atoms with Crippen LogP contribution in [0.3, 0.4) is 0 Å². The predicted octanol–water partition coefficient (Wildman–Crippen LogP) is 3.02. The zero-order valence-electron chi connectivity index (χ0n) is 11.8. The third-order valence-electron chi connectivity index (χ3n) is 3.32. The number of halogens is 1. The van der Waals surface area contributed by atoms with Gasteiger partial charge in [0.05, 0.1) is 20.3 Å². The van der Waals surface area contributed by atoms with Crippen LogP contribution in [-0.4, -0.2) is 30.5 Å². The molecule has 4 heteroatoms. The fourth-order valence-electron chi connectivity index (χ4n) is 2.52. The topological polar surface area (TPSA) is 49.7 Å².